The van der Waals surface area contributed by atoms with Crippen molar-refractivity contribution in [1.82, 2.24) is 4.90 Å². The van der Waals surface area contributed by atoms with Crippen LogP contribution < -0.4 is 5.73 Å². The van der Waals surface area contributed by atoms with Gasteiger partial charge in [0.15, 0.2) is 0 Å². The van der Waals surface area contributed by atoms with Gasteiger partial charge in [0.05, 0.1) is 12.7 Å². The van der Waals surface area contributed by atoms with Crippen molar-refractivity contribution in [1.29, 1.82) is 0 Å². The molecule has 2 saturated heterocycles. The van der Waals surface area contributed by atoms with E-state index in [2.05, 4.69) is 4.90 Å². The van der Waals surface area contributed by atoms with Crippen LogP contribution >= 0.6 is 0 Å². The van der Waals surface area contributed by atoms with E-state index in [9.17, 15) is 0 Å². The first-order chi connectivity index (χ1) is 7.29. The topological polar surface area (TPSA) is 47.7 Å². The van der Waals surface area contributed by atoms with E-state index in [4.69, 9.17) is 15.2 Å². The summed E-state index contributed by atoms with van der Waals surface area (Å²) in [5, 5.41) is 0. The maximum atomic E-state index is 6.18. The van der Waals surface area contributed by atoms with Crippen molar-refractivity contribution >= 4 is 0 Å². The van der Waals surface area contributed by atoms with E-state index >= 15 is 0 Å². The van der Waals surface area contributed by atoms with Gasteiger partial charge in [0.2, 0.25) is 0 Å². The molecule has 2 heterocycles. The Labute approximate surface area is 91.7 Å². The molecule has 3 atom stereocenters. The molecule has 0 aliphatic carbocycles. The number of hydrogen-bond acceptors (Lipinski definition) is 4. The van der Waals surface area contributed by atoms with E-state index in [0.29, 0.717) is 12.0 Å². The third-order valence-corrected chi connectivity index (χ3v) is 3.60. The van der Waals surface area contributed by atoms with Gasteiger partial charge in [-0.1, -0.05) is 0 Å². The van der Waals surface area contributed by atoms with Gasteiger partial charge in [-0.2, -0.15) is 0 Å². The Kier molecular flexibility index (Phi) is 3.97. The second-order valence-corrected chi connectivity index (χ2v) is 4.69. The molecule has 4 nitrogen and oxygen atoms in total. The zero-order valence-corrected chi connectivity index (χ0v) is 9.52. The van der Waals surface area contributed by atoms with Gasteiger partial charge in [-0.15, -0.1) is 0 Å². The Bertz CT molecular complexity index is 195. The lowest BCUT2D eigenvalue weighted by Gasteiger charge is -2.24. The second-order valence-electron chi connectivity index (χ2n) is 4.69. The van der Waals surface area contributed by atoms with Crippen LogP contribution in [0.2, 0.25) is 0 Å². The van der Waals surface area contributed by atoms with Gasteiger partial charge < -0.3 is 15.2 Å². The SMILES string of the molecule is COC1CCN(CC(N)C2CCOC2)C1. The molecular formula is C11H22N2O2. The molecule has 0 aromatic heterocycles. The third kappa shape index (κ3) is 2.91. The van der Waals surface area contributed by atoms with Gasteiger partial charge in [-0.3, -0.25) is 4.90 Å². The molecule has 0 aromatic carbocycles. The fourth-order valence-electron chi connectivity index (χ4n) is 2.49. The summed E-state index contributed by atoms with van der Waals surface area (Å²) >= 11 is 0. The van der Waals surface area contributed by atoms with E-state index in [0.717, 1.165) is 45.7 Å². The molecule has 0 bridgehead atoms. The van der Waals surface area contributed by atoms with Gasteiger partial charge in [0.25, 0.3) is 0 Å². The highest BCUT2D eigenvalue weighted by molar-refractivity contribution is 4.83. The summed E-state index contributed by atoms with van der Waals surface area (Å²) in [6, 6.07) is 0.267. The summed E-state index contributed by atoms with van der Waals surface area (Å²) in [6.07, 6.45) is 2.68. The van der Waals surface area contributed by atoms with Gasteiger partial charge in [0, 0.05) is 45.3 Å². The van der Waals surface area contributed by atoms with Crippen molar-refractivity contribution in [2.24, 2.45) is 11.7 Å². The molecule has 88 valence electrons. The first kappa shape index (κ1) is 11.3. The fourth-order valence-corrected chi connectivity index (χ4v) is 2.49. The normalized spacial score (nSPS) is 34.8. The van der Waals surface area contributed by atoms with Gasteiger partial charge in [0.1, 0.15) is 0 Å². The molecule has 2 aliphatic heterocycles. The molecule has 2 aliphatic rings. The van der Waals surface area contributed by atoms with Gasteiger partial charge >= 0.3 is 0 Å². The number of hydrogen-bond donors (Lipinski definition) is 1. The molecule has 4 heteroatoms. The Balaban J connectivity index is 1.72. The molecule has 2 rings (SSSR count). The summed E-state index contributed by atoms with van der Waals surface area (Å²) in [5.41, 5.74) is 6.18. The average molecular weight is 214 g/mol. The van der Waals surface area contributed by atoms with Crippen molar-refractivity contribution in [2.45, 2.75) is 25.0 Å². The molecule has 15 heavy (non-hydrogen) atoms. The smallest absolute Gasteiger partial charge is 0.0710 e. The van der Waals surface area contributed by atoms with Crippen LogP contribution in [0.5, 0.6) is 0 Å². The molecule has 2 fully saturated rings. The lowest BCUT2D eigenvalue weighted by atomic mass is 10.00. The van der Waals surface area contributed by atoms with Crippen LogP contribution in [0.25, 0.3) is 0 Å². The predicted octanol–water partition coefficient (Wildman–Crippen LogP) is 0.0709. The van der Waals surface area contributed by atoms with Crippen molar-refractivity contribution in [3.05, 3.63) is 0 Å². The van der Waals surface area contributed by atoms with Crippen LogP contribution in [0.3, 0.4) is 0 Å². The Morgan fingerprint density at radius 1 is 1.53 bits per heavy atom. The number of nitrogens with zero attached hydrogens (tertiary/aromatic N) is 1. The van der Waals surface area contributed by atoms with Crippen LogP contribution in [0.4, 0.5) is 0 Å². The maximum absolute atomic E-state index is 6.18. The quantitative estimate of drug-likeness (QED) is 0.719. The van der Waals surface area contributed by atoms with Crippen LogP contribution in [0, 0.1) is 5.92 Å². The Morgan fingerprint density at radius 2 is 2.40 bits per heavy atom. The van der Waals surface area contributed by atoms with Gasteiger partial charge in [-0.25, -0.2) is 0 Å². The number of nitrogens with two attached hydrogens (primary N) is 1. The minimum absolute atomic E-state index is 0.267. The molecular weight excluding hydrogens is 192 g/mol. The molecule has 0 saturated carbocycles. The molecule has 0 aromatic rings. The number of methoxy groups -OCH3 is 1. The minimum Gasteiger partial charge on any atom is -0.381 e. The van der Waals surface area contributed by atoms with Crippen LogP contribution in [-0.4, -0.2) is 57.0 Å². The van der Waals surface area contributed by atoms with Crippen LogP contribution in [0.1, 0.15) is 12.8 Å². The van der Waals surface area contributed by atoms with E-state index in [1.807, 2.05) is 0 Å². The lowest BCUT2D eigenvalue weighted by molar-refractivity contribution is 0.105. The maximum Gasteiger partial charge on any atom is 0.0710 e. The lowest BCUT2D eigenvalue weighted by Crippen LogP contribution is -2.42. The van der Waals surface area contributed by atoms with E-state index < -0.39 is 0 Å². The highest BCUT2D eigenvalue weighted by Crippen LogP contribution is 2.18. The van der Waals surface area contributed by atoms with Crippen LogP contribution in [-0.2, 0) is 9.47 Å². The first-order valence-corrected chi connectivity index (χ1v) is 5.88. The zero-order chi connectivity index (χ0) is 10.7. The first-order valence-electron chi connectivity index (χ1n) is 5.88. The molecule has 0 radical (unpaired) electrons. The molecule has 3 unspecified atom stereocenters. The summed E-state index contributed by atoms with van der Waals surface area (Å²) in [7, 11) is 1.79. The standard InChI is InChI=1S/C11H22N2O2/c1-14-10-2-4-13(6-10)7-11(12)9-3-5-15-8-9/h9-11H,2-8,12H2,1H3. The number of rotatable bonds is 4. The molecule has 2 N–H and O–H groups in total. The van der Waals surface area contributed by atoms with Crippen molar-refractivity contribution in [3.8, 4) is 0 Å². The Hall–Kier alpha value is -0.160. The van der Waals surface area contributed by atoms with Gasteiger partial charge in [-0.05, 0) is 12.8 Å². The Morgan fingerprint density at radius 3 is 3.00 bits per heavy atom. The largest absolute Gasteiger partial charge is 0.381 e. The highest BCUT2D eigenvalue weighted by Gasteiger charge is 2.28. The van der Waals surface area contributed by atoms with E-state index in [1.165, 1.54) is 0 Å². The van der Waals surface area contributed by atoms with Crippen molar-refractivity contribution in [2.75, 3.05) is 40.0 Å². The average Bonchev–Trinajstić information content (AvgIpc) is 2.87. The summed E-state index contributed by atoms with van der Waals surface area (Å²) in [4.78, 5) is 2.41. The van der Waals surface area contributed by atoms with Crippen molar-refractivity contribution in [3.63, 3.8) is 0 Å². The predicted molar refractivity (Wildman–Crippen MR) is 58.8 cm³/mol. The second kappa shape index (κ2) is 5.25. The monoisotopic (exact) mass is 214 g/mol. The number of ether oxygens (including phenoxy) is 2. The van der Waals surface area contributed by atoms with E-state index in [-0.39, 0.29) is 6.04 Å². The highest BCUT2D eigenvalue weighted by atomic mass is 16.5. The summed E-state index contributed by atoms with van der Waals surface area (Å²) in [6.45, 7) is 4.90. The third-order valence-electron chi connectivity index (χ3n) is 3.60. The van der Waals surface area contributed by atoms with Crippen LogP contribution in [0.15, 0.2) is 0 Å². The van der Waals surface area contributed by atoms with Crippen molar-refractivity contribution < 1.29 is 9.47 Å². The summed E-state index contributed by atoms with van der Waals surface area (Å²) in [5.74, 6) is 0.562. The zero-order valence-electron chi connectivity index (χ0n) is 9.52. The summed E-state index contributed by atoms with van der Waals surface area (Å²) < 4.78 is 10.7. The fraction of sp³-hybridized carbons (Fsp3) is 1.00. The molecule has 0 spiro atoms. The molecule has 0 amide bonds. The van der Waals surface area contributed by atoms with E-state index in [1.54, 1.807) is 7.11 Å². The number of likely N-dealkylation sites (tertiary alicyclic amines) is 1. The minimum atomic E-state index is 0.267.